The second kappa shape index (κ2) is 6.47. The van der Waals surface area contributed by atoms with Crippen molar-refractivity contribution in [2.45, 2.75) is 56.8 Å². The van der Waals surface area contributed by atoms with Gasteiger partial charge in [0.05, 0.1) is 12.7 Å². The molecule has 0 aliphatic carbocycles. The van der Waals surface area contributed by atoms with Crippen LogP contribution >= 0.6 is 0 Å². The summed E-state index contributed by atoms with van der Waals surface area (Å²) in [4.78, 5) is 2.61. The van der Waals surface area contributed by atoms with Gasteiger partial charge in [0.1, 0.15) is 5.75 Å². The van der Waals surface area contributed by atoms with Crippen molar-refractivity contribution in [2.24, 2.45) is 0 Å². The summed E-state index contributed by atoms with van der Waals surface area (Å²) >= 11 is 0. The van der Waals surface area contributed by atoms with E-state index in [1.165, 1.54) is 18.4 Å². The van der Waals surface area contributed by atoms with E-state index >= 15 is 0 Å². The molecule has 2 aromatic rings. The fraction of sp³-hybridized carbons (Fsp3) is 0.455. The monoisotopic (exact) mass is 337 g/mol. The molecule has 0 saturated carbocycles. The first-order chi connectivity index (χ1) is 12.1. The van der Waals surface area contributed by atoms with E-state index < -0.39 is 5.60 Å². The van der Waals surface area contributed by atoms with Gasteiger partial charge in [-0.25, -0.2) is 0 Å². The number of hydrogen-bond acceptors (Lipinski definition) is 3. The molecule has 2 heterocycles. The summed E-state index contributed by atoms with van der Waals surface area (Å²) in [6.45, 7) is 3.05. The summed E-state index contributed by atoms with van der Waals surface area (Å²) in [7, 11) is 1.69. The van der Waals surface area contributed by atoms with Gasteiger partial charge in [-0.3, -0.25) is 4.90 Å². The fourth-order valence-corrected chi connectivity index (χ4v) is 4.74. The number of aryl methyl sites for hydroxylation is 1. The van der Waals surface area contributed by atoms with Crippen LogP contribution < -0.4 is 4.74 Å². The van der Waals surface area contributed by atoms with E-state index in [0.29, 0.717) is 12.1 Å². The fourth-order valence-electron chi connectivity index (χ4n) is 4.74. The summed E-state index contributed by atoms with van der Waals surface area (Å²) in [5.41, 5.74) is 2.78. The predicted molar refractivity (Wildman–Crippen MR) is 99.7 cm³/mol. The van der Waals surface area contributed by atoms with E-state index in [0.717, 1.165) is 36.3 Å². The second-order valence-electron chi connectivity index (χ2n) is 7.72. The topological polar surface area (TPSA) is 32.7 Å². The summed E-state index contributed by atoms with van der Waals surface area (Å²) in [5, 5.41) is 11.5. The third kappa shape index (κ3) is 3.19. The number of rotatable bonds is 4. The molecule has 132 valence electrons. The highest BCUT2D eigenvalue weighted by Crippen LogP contribution is 2.46. The maximum absolute atomic E-state index is 11.5. The maximum atomic E-state index is 11.5. The van der Waals surface area contributed by atoms with Crippen molar-refractivity contribution in [3.05, 3.63) is 65.2 Å². The van der Waals surface area contributed by atoms with Crippen LogP contribution in [0.3, 0.4) is 0 Å². The normalized spacial score (nSPS) is 28.9. The quantitative estimate of drug-likeness (QED) is 0.915. The van der Waals surface area contributed by atoms with Gasteiger partial charge in [-0.05, 0) is 61.4 Å². The molecule has 0 aromatic heterocycles. The summed E-state index contributed by atoms with van der Waals surface area (Å²) in [5.74, 6) is 0.836. The number of fused-ring (bicyclic) bond motifs is 2. The van der Waals surface area contributed by atoms with E-state index in [1.54, 1.807) is 7.11 Å². The molecular formula is C22H27NO2. The highest BCUT2D eigenvalue weighted by Gasteiger charge is 2.48. The minimum Gasteiger partial charge on any atom is -0.497 e. The molecule has 2 bridgehead atoms. The lowest BCUT2D eigenvalue weighted by molar-refractivity contribution is -0.0596. The van der Waals surface area contributed by atoms with E-state index in [2.05, 4.69) is 48.2 Å². The SMILES string of the molecule is COc1cc(C)cc(C2(O)CC3CCC(C2)N3Cc2ccccc2)c1. The Morgan fingerprint density at radius 1 is 1.08 bits per heavy atom. The van der Waals surface area contributed by atoms with Crippen molar-refractivity contribution in [2.75, 3.05) is 7.11 Å². The highest BCUT2D eigenvalue weighted by atomic mass is 16.5. The van der Waals surface area contributed by atoms with Crippen molar-refractivity contribution >= 4 is 0 Å². The van der Waals surface area contributed by atoms with Crippen LogP contribution in [-0.4, -0.2) is 29.2 Å². The second-order valence-corrected chi connectivity index (χ2v) is 7.72. The number of aliphatic hydroxyl groups is 1. The third-order valence-corrected chi connectivity index (χ3v) is 5.95. The number of piperidine rings is 1. The van der Waals surface area contributed by atoms with Gasteiger partial charge in [0.15, 0.2) is 0 Å². The van der Waals surface area contributed by atoms with E-state index in [-0.39, 0.29) is 0 Å². The molecule has 2 aliphatic rings. The zero-order valence-corrected chi connectivity index (χ0v) is 15.1. The molecule has 1 N–H and O–H groups in total. The largest absolute Gasteiger partial charge is 0.497 e. The van der Waals surface area contributed by atoms with Gasteiger partial charge in [0, 0.05) is 18.6 Å². The summed E-state index contributed by atoms with van der Waals surface area (Å²) < 4.78 is 5.42. The van der Waals surface area contributed by atoms with Crippen molar-refractivity contribution < 1.29 is 9.84 Å². The first-order valence-corrected chi connectivity index (χ1v) is 9.25. The van der Waals surface area contributed by atoms with E-state index in [1.807, 2.05) is 12.1 Å². The zero-order chi connectivity index (χ0) is 17.4. The van der Waals surface area contributed by atoms with Gasteiger partial charge < -0.3 is 9.84 Å². The Bertz CT molecular complexity index is 729. The average molecular weight is 337 g/mol. The zero-order valence-electron chi connectivity index (χ0n) is 15.1. The van der Waals surface area contributed by atoms with Crippen molar-refractivity contribution in [3.8, 4) is 5.75 Å². The van der Waals surface area contributed by atoms with Crippen molar-refractivity contribution in [1.82, 2.24) is 4.90 Å². The molecule has 2 atom stereocenters. The number of benzene rings is 2. The van der Waals surface area contributed by atoms with Crippen LogP contribution in [0.25, 0.3) is 0 Å². The number of methoxy groups -OCH3 is 1. The van der Waals surface area contributed by atoms with Crippen LogP contribution in [0.5, 0.6) is 5.75 Å². The average Bonchev–Trinajstić information content (AvgIpc) is 2.86. The minimum absolute atomic E-state index is 0.454. The molecule has 0 spiro atoms. The lowest BCUT2D eigenvalue weighted by atomic mass is 9.80. The van der Waals surface area contributed by atoms with Crippen molar-refractivity contribution in [3.63, 3.8) is 0 Å². The Morgan fingerprint density at radius 3 is 2.40 bits per heavy atom. The summed E-state index contributed by atoms with van der Waals surface area (Å²) in [6, 6.07) is 17.7. The molecule has 0 radical (unpaired) electrons. The van der Waals surface area contributed by atoms with Crippen molar-refractivity contribution in [1.29, 1.82) is 0 Å². The minimum atomic E-state index is -0.738. The van der Waals surface area contributed by atoms with Crippen LogP contribution in [0, 0.1) is 6.92 Å². The van der Waals surface area contributed by atoms with Gasteiger partial charge in [0.25, 0.3) is 0 Å². The van der Waals surface area contributed by atoms with Crippen LogP contribution in [0.4, 0.5) is 0 Å². The lowest BCUT2D eigenvalue weighted by Gasteiger charge is -2.44. The molecule has 3 nitrogen and oxygen atoms in total. The smallest absolute Gasteiger partial charge is 0.119 e. The molecule has 2 saturated heterocycles. The molecule has 2 aromatic carbocycles. The Morgan fingerprint density at radius 2 is 1.76 bits per heavy atom. The molecule has 25 heavy (non-hydrogen) atoms. The van der Waals surface area contributed by atoms with Gasteiger partial charge >= 0.3 is 0 Å². The van der Waals surface area contributed by atoms with Gasteiger partial charge in [0.2, 0.25) is 0 Å². The van der Waals surface area contributed by atoms with Gasteiger partial charge in [-0.2, -0.15) is 0 Å². The van der Waals surface area contributed by atoms with Gasteiger partial charge in [-0.1, -0.05) is 36.4 Å². The molecule has 4 rings (SSSR count). The predicted octanol–water partition coefficient (Wildman–Crippen LogP) is 4.02. The molecule has 2 unspecified atom stereocenters. The van der Waals surface area contributed by atoms with Gasteiger partial charge in [-0.15, -0.1) is 0 Å². The number of hydrogen-bond donors (Lipinski definition) is 1. The van der Waals surface area contributed by atoms with E-state index in [9.17, 15) is 5.11 Å². The molecule has 2 aliphatic heterocycles. The number of ether oxygens (including phenoxy) is 1. The Hall–Kier alpha value is -1.84. The Kier molecular flexibility index (Phi) is 4.30. The first kappa shape index (κ1) is 16.6. The molecular weight excluding hydrogens is 310 g/mol. The lowest BCUT2D eigenvalue weighted by Crippen LogP contribution is -2.49. The van der Waals surface area contributed by atoms with Crippen LogP contribution in [0.15, 0.2) is 48.5 Å². The molecule has 3 heteroatoms. The highest BCUT2D eigenvalue weighted by molar-refractivity contribution is 5.38. The Balaban J connectivity index is 1.57. The molecule has 2 fully saturated rings. The maximum Gasteiger partial charge on any atom is 0.119 e. The number of nitrogens with zero attached hydrogens (tertiary/aromatic N) is 1. The standard InChI is InChI=1S/C22H27NO2/c1-16-10-18(12-21(11-16)25-2)22(24)13-19-8-9-20(14-22)23(19)15-17-6-4-3-5-7-17/h3-7,10-12,19-20,24H,8-9,13-15H2,1-2H3. The molecule has 0 amide bonds. The van der Waals surface area contributed by atoms with Crippen LogP contribution in [-0.2, 0) is 12.1 Å². The van der Waals surface area contributed by atoms with E-state index in [4.69, 9.17) is 4.74 Å². The third-order valence-electron chi connectivity index (χ3n) is 5.95. The summed E-state index contributed by atoms with van der Waals surface area (Å²) in [6.07, 6.45) is 3.98. The van der Waals surface area contributed by atoms with Crippen LogP contribution in [0.2, 0.25) is 0 Å². The first-order valence-electron chi connectivity index (χ1n) is 9.25. The van der Waals surface area contributed by atoms with Crippen LogP contribution in [0.1, 0.15) is 42.4 Å². The Labute approximate surface area is 150 Å².